The lowest BCUT2D eigenvalue weighted by Gasteiger charge is -2.10. The maximum Gasteiger partial charge on any atom is 0.273 e. The van der Waals surface area contributed by atoms with E-state index in [2.05, 4.69) is 15.5 Å². The van der Waals surface area contributed by atoms with Crippen LogP contribution in [0.1, 0.15) is 29.9 Å². The van der Waals surface area contributed by atoms with Gasteiger partial charge in [0.05, 0.1) is 6.10 Å². The first-order valence-electron chi connectivity index (χ1n) is 8.01. The molecule has 0 bridgehead atoms. The quantitative estimate of drug-likeness (QED) is 0.710. The van der Waals surface area contributed by atoms with Gasteiger partial charge in [0.2, 0.25) is 0 Å². The number of nitrogens with zero attached hydrogens (tertiary/aromatic N) is 2. The fourth-order valence-electron chi connectivity index (χ4n) is 2.33. The molecule has 0 unspecified atom stereocenters. The SMILES string of the molecule is CC(C)Oc1ccc(CCNC(=O)c2ncoc2-c2ccon2)cc1. The molecule has 0 atom stereocenters. The number of carbonyl (C=O) groups excluding carboxylic acids is 1. The molecule has 0 radical (unpaired) electrons. The maximum absolute atomic E-state index is 12.3. The van der Waals surface area contributed by atoms with Crippen molar-refractivity contribution in [2.75, 3.05) is 6.54 Å². The number of carbonyl (C=O) groups is 1. The summed E-state index contributed by atoms with van der Waals surface area (Å²) in [5.74, 6) is 0.815. The van der Waals surface area contributed by atoms with Gasteiger partial charge in [-0.15, -0.1) is 0 Å². The van der Waals surface area contributed by atoms with Crippen LogP contribution in [-0.4, -0.2) is 28.7 Å². The summed E-state index contributed by atoms with van der Waals surface area (Å²) >= 11 is 0. The third kappa shape index (κ3) is 4.26. The minimum Gasteiger partial charge on any atom is -0.491 e. The van der Waals surface area contributed by atoms with Crippen LogP contribution in [0.2, 0.25) is 0 Å². The summed E-state index contributed by atoms with van der Waals surface area (Å²) in [5.41, 5.74) is 1.73. The van der Waals surface area contributed by atoms with Gasteiger partial charge in [-0.05, 0) is 38.0 Å². The molecule has 1 amide bonds. The minimum absolute atomic E-state index is 0.145. The Labute approximate surface area is 145 Å². The summed E-state index contributed by atoms with van der Waals surface area (Å²) in [6.45, 7) is 4.45. The third-order valence-corrected chi connectivity index (χ3v) is 3.45. The van der Waals surface area contributed by atoms with E-state index < -0.39 is 0 Å². The molecule has 25 heavy (non-hydrogen) atoms. The Bertz CT molecular complexity index is 807. The zero-order valence-electron chi connectivity index (χ0n) is 14.1. The molecule has 0 fully saturated rings. The van der Waals surface area contributed by atoms with Crippen molar-refractivity contribution >= 4 is 5.91 Å². The number of rotatable bonds is 7. The van der Waals surface area contributed by atoms with Gasteiger partial charge in [0.25, 0.3) is 5.91 Å². The van der Waals surface area contributed by atoms with Gasteiger partial charge in [-0.2, -0.15) is 0 Å². The summed E-state index contributed by atoms with van der Waals surface area (Å²) in [6, 6.07) is 9.44. The average Bonchev–Trinajstić information content (AvgIpc) is 3.27. The van der Waals surface area contributed by atoms with Crippen molar-refractivity contribution < 1.29 is 18.5 Å². The Balaban J connectivity index is 1.54. The first kappa shape index (κ1) is 16.8. The van der Waals surface area contributed by atoms with E-state index in [1.165, 1.54) is 12.7 Å². The number of aromatic nitrogens is 2. The topological polar surface area (TPSA) is 90.4 Å². The summed E-state index contributed by atoms with van der Waals surface area (Å²) in [5, 5.41) is 6.59. The molecule has 0 aliphatic carbocycles. The highest BCUT2D eigenvalue weighted by Gasteiger charge is 2.19. The molecule has 3 rings (SSSR count). The normalized spacial score (nSPS) is 10.8. The lowest BCUT2D eigenvalue weighted by Crippen LogP contribution is -2.26. The van der Waals surface area contributed by atoms with E-state index in [0.717, 1.165) is 11.3 Å². The van der Waals surface area contributed by atoms with Gasteiger partial charge in [-0.25, -0.2) is 4.98 Å². The van der Waals surface area contributed by atoms with Gasteiger partial charge in [0.1, 0.15) is 12.0 Å². The number of benzene rings is 1. The molecule has 1 N–H and O–H groups in total. The Morgan fingerprint density at radius 3 is 2.72 bits per heavy atom. The van der Waals surface area contributed by atoms with E-state index in [1.54, 1.807) is 6.07 Å². The van der Waals surface area contributed by atoms with Crippen LogP contribution in [0.4, 0.5) is 0 Å². The van der Waals surface area contributed by atoms with Crippen molar-refractivity contribution in [1.82, 2.24) is 15.5 Å². The molecule has 0 spiro atoms. The minimum atomic E-state index is -0.313. The second-order valence-electron chi connectivity index (χ2n) is 5.73. The van der Waals surface area contributed by atoms with Crippen molar-refractivity contribution in [3.8, 4) is 17.2 Å². The highest BCUT2D eigenvalue weighted by molar-refractivity contribution is 5.97. The van der Waals surface area contributed by atoms with Crippen molar-refractivity contribution in [3.63, 3.8) is 0 Å². The zero-order chi connectivity index (χ0) is 17.6. The summed E-state index contributed by atoms with van der Waals surface area (Å²) < 4.78 is 15.6. The van der Waals surface area contributed by atoms with Gasteiger partial charge in [0.15, 0.2) is 23.5 Å². The smallest absolute Gasteiger partial charge is 0.273 e. The maximum atomic E-state index is 12.3. The standard InChI is InChI=1S/C18H19N3O4/c1-12(2)25-14-5-3-13(4-6-14)7-9-19-18(22)16-17(23-11-20-16)15-8-10-24-21-15/h3-6,8,10-12H,7,9H2,1-2H3,(H,19,22). The van der Waals surface area contributed by atoms with Crippen LogP contribution in [0.25, 0.3) is 11.5 Å². The Morgan fingerprint density at radius 2 is 2.04 bits per heavy atom. The second-order valence-corrected chi connectivity index (χ2v) is 5.73. The molecule has 130 valence electrons. The van der Waals surface area contributed by atoms with E-state index >= 15 is 0 Å². The molecule has 3 aromatic rings. The fourth-order valence-corrected chi connectivity index (χ4v) is 2.33. The summed E-state index contributed by atoms with van der Waals surface area (Å²) in [4.78, 5) is 16.2. The van der Waals surface area contributed by atoms with Crippen LogP contribution in [0.3, 0.4) is 0 Å². The number of nitrogens with one attached hydrogen (secondary N) is 1. The van der Waals surface area contributed by atoms with Crippen LogP contribution in [0.15, 0.2) is 51.9 Å². The number of oxazole rings is 1. The first-order chi connectivity index (χ1) is 12.1. The lowest BCUT2D eigenvalue weighted by atomic mass is 10.1. The van der Waals surface area contributed by atoms with Crippen LogP contribution in [0.5, 0.6) is 5.75 Å². The number of amides is 1. The van der Waals surface area contributed by atoms with Gasteiger partial charge < -0.3 is 19.0 Å². The monoisotopic (exact) mass is 341 g/mol. The van der Waals surface area contributed by atoms with E-state index in [9.17, 15) is 4.79 Å². The molecule has 0 saturated heterocycles. The molecular weight excluding hydrogens is 322 g/mol. The van der Waals surface area contributed by atoms with Crippen molar-refractivity contribution in [2.45, 2.75) is 26.4 Å². The highest BCUT2D eigenvalue weighted by atomic mass is 16.5. The van der Waals surface area contributed by atoms with Crippen molar-refractivity contribution in [3.05, 3.63) is 54.2 Å². The number of hydrogen-bond acceptors (Lipinski definition) is 6. The summed E-state index contributed by atoms with van der Waals surface area (Å²) in [6.07, 6.45) is 3.47. The molecule has 0 aliphatic heterocycles. The Hall–Kier alpha value is -3.09. The third-order valence-electron chi connectivity index (χ3n) is 3.45. The molecule has 2 aromatic heterocycles. The number of ether oxygens (including phenoxy) is 1. The molecule has 7 nitrogen and oxygen atoms in total. The van der Waals surface area contributed by atoms with Crippen molar-refractivity contribution in [2.24, 2.45) is 0 Å². The predicted octanol–water partition coefficient (Wildman–Crippen LogP) is 3.09. The van der Waals surface area contributed by atoms with E-state index in [4.69, 9.17) is 13.7 Å². The van der Waals surface area contributed by atoms with Crippen LogP contribution in [0, 0.1) is 0 Å². The van der Waals surface area contributed by atoms with Gasteiger partial charge in [-0.1, -0.05) is 17.3 Å². The summed E-state index contributed by atoms with van der Waals surface area (Å²) in [7, 11) is 0. The van der Waals surface area contributed by atoms with Gasteiger partial charge in [0, 0.05) is 12.6 Å². The molecule has 0 aliphatic rings. The number of hydrogen-bond donors (Lipinski definition) is 1. The molecule has 7 heteroatoms. The van der Waals surface area contributed by atoms with Crippen LogP contribution in [-0.2, 0) is 6.42 Å². The highest BCUT2D eigenvalue weighted by Crippen LogP contribution is 2.21. The largest absolute Gasteiger partial charge is 0.491 e. The zero-order valence-corrected chi connectivity index (χ0v) is 14.1. The van der Waals surface area contributed by atoms with E-state index in [-0.39, 0.29) is 17.7 Å². The lowest BCUT2D eigenvalue weighted by molar-refractivity contribution is 0.0950. The van der Waals surface area contributed by atoms with E-state index in [0.29, 0.717) is 24.4 Å². The average molecular weight is 341 g/mol. The fraction of sp³-hybridized carbons (Fsp3) is 0.278. The second kappa shape index (κ2) is 7.65. The molecule has 0 saturated carbocycles. The van der Waals surface area contributed by atoms with E-state index in [1.807, 2.05) is 38.1 Å². The Kier molecular flexibility index (Phi) is 5.13. The van der Waals surface area contributed by atoms with Crippen LogP contribution < -0.4 is 10.1 Å². The Morgan fingerprint density at radius 1 is 1.24 bits per heavy atom. The van der Waals surface area contributed by atoms with Gasteiger partial charge >= 0.3 is 0 Å². The molecule has 1 aromatic carbocycles. The predicted molar refractivity (Wildman–Crippen MR) is 90.2 cm³/mol. The first-order valence-corrected chi connectivity index (χ1v) is 8.01. The van der Waals surface area contributed by atoms with Crippen LogP contribution >= 0.6 is 0 Å². The van der Waals surface area contributed by atoms with Gasteiger partial charge in [-0.3, -0.25) is 4.79 Å². The van der Waals surface area contributed by atoms with Crippen molar-refractivity contribution in [1.29, 1.82) is 0 Å². The molecule has 2 heterocycles. The molecular formula is C18H19N3O4.